The molecule has 1 saturated carbocycles. The Labute approximate surface area is 82.5 Å². The molecule has 1 rings (SSSR count). The molecular formula is C11H24N2. The summed E-state index contributed by atoms with van der Waals surface area (Å²) in [6.07, 6.45) is 5.51. The Morgan fingerprint density at radius 1 is 1.46 bits per heavy atom. The van der Waals surface area contributed by atoms with Crippen molar-refractivity contribution in [2.45, 2.75) is 45.6 Å². The molecule has 1 fully saturated rings. The lowest BCUT2D eigenvalue weighted by atomic mass is 9.90. The molecule has 0 spiro atoms. The van der Waals surface area contributed by atoms with Gasteiger partial charge in [0.1, 0.15) is 0 Å². The van der Waals surface area contributed by atoms with E-state index in [1.807, 2.05) is 0 Å². The van der Waals surface area contributed by atoms with Crippen LogP contribution < -0.4 is 5.73 Å². The van der Waals surface area contributed by atoms with E-state index in [0.29, 0.717) is 0 Å². The highest BCUT2D eigenvalue weighted by Gasteiger charge is 2.24. The Kier molecular flexibility index (Phi) is 4.74. The minimum atomic E-state index is 0.812. The highest BCUT2D eigenvalue weighted by atomic mass is 15.2. The van der Waals surface area contributed by atoms with Crippen LogP contribution in [0.2, 0.25) is 0 Å². The fourth-order valence-corrected chi connectivity index (χ4v) is 1.87. The smallest absolute Gasteiger partial charge is 0.0108 e. The minimum Gasteiger partial charge on any atom is -0.329 e. The summed E-state index contributed by atoms with van der Waals surface area (Å²) in [6, 6.07) is 0.859. The summed E-state index contributed by atoms with van der Waals surface area (Å²) in [4.78, 5) is 2.59. The van der Waals surface area contributed by atoms with Gasteiger partial charge in [-0.25, -0.2) is 0 Å². The summed E-state index contributed by atoms with van der Waals surface area (Å²) in [7, 11) is 0. The van der Waals surface area contributed by atoms with Gasteiger partial charge >= 0.3 is 0 Å². The van der Waals surface area contributed by atoms with Crippen molar-refractivity contribution in [2.24, 2.45) is 11.7 Å². The predicted octanol–water partition coefficient (Wildman–Crippen LogP) is 1.85. The standard InChI is InChI=1S/C11H24N2/c1-3-10(2)9-13(8-7-12)11-5-4-6-11/h10-11H,3-9,12H2,1-2H3. The molecule has 2 nitrogen and oxygen atoms in total. The van der Waals surface area contributed by atoms with Crippen LogP contribution in [0.3, 0.4) is 0 Å². The Morgan fingerprint density at radius 2 is 2.15 bits per heavy atom. The fourth-order valence-electron chi connectivity index (χ4n) is 1.87. The Hall–Kier alpha value is -0.0800. The molecule has 0 aliphatic heterocycles. The second-order valence-electron chi connectivity index (χ2n) is 4.38. The van der Waals surface area contributed by atoms with Crippen LogP contribution in [0.5, 0.6) is 0 Å². The van der Waals surface area contributed by atoms with Crippen LogP contribution in [0.15, 0.2) is 0 Å². The number of hydrogen-bond acceptors (Lipinski definition) is 2. The average molecular weight is 184 g/mol. The average Bonchev–Trinajstić information content (AvgIpc) is 2.01. The van der Waals surface area contributed by atoms with Crippen molar-refractivity contribution < 1.29 is 0 Å². The van der Waals surface area contributed by atoms with Crippen LogP contribution in [0, 0.1) is 5.92 Å². The van der Waals surface area contributed by atoms with Crippen LogP contribution in [0.25, 0.3) is 0 Å². The van der Waals surface area contributed by atoms with Crippen LogP contribution in [0.1, 0.15) is 39.5 Å². The molecule has 78 valence electrons. The Bertz CT molecular complexity index is 132. The van der Waals surface area contributed by atoms with Gasteiger partial charge in [0, 0.05) is 25.7 Å². The van der Waals surface area contributed by atoms with Crippen molar-refractivity contribution in [1.29, 1.82) is 0 Å². The molecule has 0 bridgehead atoms. The summed E-state index contributed by atoms with van der Waals surface area (Å²) >= 11 is 0. The van der Waals surface area contributed by atoms with E-state index in [-0.39, 0.29) is 0 Å². The van der Waals surface area contributed by atoms with E-state index in [1.165, 1.54) is 32.2 Å². The molecule has 1 unspecified atom stereocenters. The van der Waals surface area contributed by atoms with Crippen LogP contribution >= 0.6 is 0 Å². The van der Waals surface area contributed by atoms with Gasteiger partial charge in [-0.15, -0.1) is 0 Å². The number of rotatable bonds is 6. The van der Waals surface area contributed by atoms with Crippen molar-refractivity contribution in [3.05, 3.63) is 0 Å². The largest absolute Gasteiger partial charge is 0.329 e. The number of nitrogens with two attached hydrogens (primary N) is 1. The van der Waals surface area contributed by atoms with Gasteiger partial charge in [-0.1, -0.05) is 26.7 Å². The van der Waals surface area contributed by atoms with Crippen molar-refractivity contribution in [1.82, 2.24) is 4.90 Å². The molecule has 2 N–H and O–H groups in total. The predicted molar refractivity (Wildman–Crippen MR) is 57.7 cm³/mol. The maximum atomic E-state index is 5.62. The Balaban J connectivity index is 2.28. The highest BCUT2D eigenvalue weighted by molar-refractivity contribution is 4.80. The zero-order chi connectivity index (χ0) is 9.68. The lowest BCUT2D eigenvalue weighted by Gasteiger charge is -2.38. The molecule has 0 heterocycles. The maximum absolute atomic E-state index is 5.62. The molecular weight excluding hydrogens is 160 g/mol. The van der Waals surface area contributed by atoms with Gasteiger partial charge in [0.25, 0.3) is 0 Å². The summed E-state index contributed by atoms with van der Waals surface area (Å²) in [5.41, 5.74) is 5.62. The summed E-state index contributed by atoms with van der Waals surface area (Å²) in [5, 5.41) is 0. The number of hydrogen-bond donors (Lipinski definition) is 1. The first-order chi connectivity index (χ1) is 6.27. The first-order valence-corrected chi connectivity index (χ1v) is 5.72. The molecule has 2 heteroatoms. The molecule has 0 aromatic heterocycles. The van der Waals surface area contributed by atoms with E-state index in [2.05, 4.69) is 18.7 Å². The Morgan fingerprint density at radius 3 is 2.54 bits per heavy atom. The second-order valence-corrected chi connectivity index (χ2v) is 4.38. The molecule has 1 atom stereocenters. The van der Waals surface area contributed by atoms with E-state index in [4.69, 9.17) is 5.73 Å². The van der Waals surface area contributed by atoms with Crippen molar-refractivity contribution in [3.8, 4) is 0 Å². The maximum Gasteiger partial charge on any atom is 0.0108 e. The van der Waals surface area contributed by atoms with Crippen molar-refractivity contribution >= 4 is 0 Å². The third-order valence-electron chi connectivity index (χ3n) is 3.25. The lowest BCUT2D eigenvalue weighted by molar-refractivity contribution is 0.113. The van der Waals surface area contributed by atoms with E-state index < -0.39 is 0 Å². The van der Waals surface area contributed by atoms with E-state index >= 15 is 0 Å². The summed E-state index contributed by atoms with van der Waals surface area (Å²) in [6.45, 7) is 7.76. The van der Waals surface area contributed by atoms with E-state index in [1.54, 1.807) is 0 Å². The molecule has 1 aliphatic carbocycles. The summed E-state index contributed by atoms with van der Waals surface area (Å²) in [5.74, 6) is 0.826. The fraction of sp³-hybridized carbons (Fsp3) is 1.00. The van der Waals surface area contributed by atoms with Crippen molar-refractivity contribution in [2.75, 3.05) is 19.6 Å². The van der Waals surface area contributed by atoms with Gasteiger partial charge in [0.05, 0.1) is 0 Å². The van der Waals surface area contributed by atoms with Gasteiger partial charge < -0.3 is 5.73 Å². The zero-order valence-electron chi connectivity index (χ0n) is 9.13. The zero-order valence-corrected chi connectivity index (χ0v) is 9.13. The third-order valence-corrected chi connectivity index (χ3v) is 3.25. The minimum absolute atomic E-state index is 0.812. The first-order valence-electron chi connectivity index (χ1n) is 5.72. The molecule has 0 amide bonds. The SMILES string of the molecule is CCC(C)CN(CCN)C1CCC1. The lowest BCUT2D eigenvalue weighted by Crippen LogP contribution is -2.44. The second kappa shape index (κ2) is 5.61. The molecule has 1 aliphatic rings. The monoisotopic (exact) mass is 184 g/mol. The quantitative estimate of drug-likeness (QED) is 0.682. The third kappa shape index (κ3) is 3.28. The van der Waals surface area contributed by atoms with Crippen LogP contribution in [0.4, 0.5) is 0 Å². The van der Waals surface area contributed by atoms with Gasteiger partial charge in [-0.05, 0) is 18.8 Å². The van der Waals surface area contributed by atoms with Gasteiger partial charge in [0.2, 0.25) is 0 Å². The summed E-state index contributed by atoms with van der Waals surface area (Å²) < 4.78 is 0. The van der Waals surface area contributed by atoms with Gasteiger partial charge in [-0.3, -0.25) is 4.90 Å². The normalized spacial score (nSPS) is 20.3. The van der Waals surface area contributed by atoms with Gasteiger partial charge in [-0.2, -0.15) is 0 Å². The number of nitrogens with zero attached hydrogens (tertiary/aromatic N) is 1. The molecule has 0 aromatic carbocycles. The van der Waals surface area contributed by atoms with Crippen LogP contribution in [-0.4, -0.2) is 30.6 Å². The molecule has 0 radical (unpaired) electrons. The van der Waals surface area contributed by atoms with E-state index in [9.17, 15) is 0 Å². The topological polar surface area (TPSA) is 29.3 Å². The van der Waals surface area contributed by atoms with Crippen LogP contribution in [-0.2, 0) is 0 Å². The molecule has 0 saturated heterocycles. The molecule has 0 aromatic rings. The molecule has 13 heavy (non-hydrogen) atoms. The van der Waals surface area contributed by atoms with Crippen molar-refractivity contribution in [3.63, 3.8) is 0 Å². The van der Waals surface area contributed by atoms with E-state index in [0.717, 1.165) is 25.0 Å². The highest BCUT2D eigenvalue weighted by Crippen LogP contribution is 2.25. The first kappa shape index (κ1) is 11.0. The van der Waals surface area contributed by atoms with Gasteiger partial charge in [0.15, 0.2) is 0 Å².